The molecule has 0 fully saturated rings. The summed E-state index contributed by atoms with van der Waals surface area (Å²) >= 11 is 5.28. The van der Waals surface area contributed by atoms with Crippen LogP contribution in [0, 0.1) is 27.7 Å². The normalized spacial score (nSPS) is 12.8. The van der Waals surface area contributed by atoms with Crippen molar-refractivity contribution >= 4 is 27.3 Å². The van der Waals surface area contributed by atoms with Crippen LogP contribution in [0.2, 0.25) is 0 Å². The molecule has 3 heteroatoms. The Labute approximate surface area is 121 Å². The van der Waals surface area contributed by atoms with Crippen LogP contribution in [0.4, 0.5) is 0 Å². The van der Waals surface area contributed by atoms with Crippen LogP contribution >= 0.6 is 27.3 Å². The van der Waals surface area contributed by atoms with Crippen molar-refractivity contribution in [3.63, 3.8) is 0 Å². The highest BCUT2D eigenvalue weighted by Gasteiger charge is 2.18. The highest BCUT2D eigenvalue weighted by molar-refractivity contribution is 9.11. The van der Waals surface area contributed by atoms with Crippen molar-refractivity contribution in [2.45, 2.75) is 33.7 Å². The van der Waals surface area contributed by atoms with Crippen molar-refractivity contribution in [1.29, 1.82) is 0 Å². The zero-order valence-corrected chi connectivity index (χ0v) is 13.6. The summed E-state index contributed by atoms with van der Waals surface area (Å²) < 4.78 is 1.15. The zero-order chi connectivity index (χ0) is 13.4. The van der Waals surface area contributed by atoms with Crippen molar-refractivity contribution in [2.75, 3.05) is 0 Å². The van der Waals surface area contributed by atoms with Gasteiger partial charge in [0.15, 0.2) is 0 Å². The lowest BCUT2D eigenvalue weighted by Gasteiger charge is -2.18. The SMILES string of the molecule is Cc1cc(C)c(C(N)c2cc(Br)sc2C)c(C)c1. The van der Waals surface area contributed by atoms with Gasteiger partial charge in [-0.05, 0) is 71.9 Å². The number of nitrogens with two attached hydrogens (primary N) is 1. The Morgan fingerprint density at radius 1 is 1.06 bits per heavy atom. The molecule has 0 saturated carbocycles. The Morgan fingerprint density at radius 2 is 1.61 bits per heavy atom. The summed E-state index contributed by atoms with van der Waals surface area (Å²) in [4.78, 5) is 1.29. The maximum Gasteiger partial charge on any atom is 0.0704 e. The second kappa shape index (κ2) is 5.16. The second-order valence-corrected chi connectivity index (χ2v) is 7.49. The van der Waals surface area contributed by atoms with Gasteiger partial charge in [0.05, 0.1) is 9.83 Å². The summed E-state index contributed by atoms with van der Waals surface area (Å²) in [5, 5.41) is 0. The first-order valence-electron chi connectivity index (χ1n) is 5.99. The van der Waals surface area contributed by atoms with Crippen LogP contribution in [-0.4, -0.2) is 0 Å². The summed E-state index contributed by atoms with van der Waals surface area (Å²) in [5.74, 6) is 0. The van der Waals surface area contributed by atoms with Gasteiger partial charge in [0.2, 0.25) is 0 Å². The molecule has 0 saturated heterocycles. The highest BCUT2D eigenvalue weighted by atomic mass is 79.9. The molecule has 0 amide bonds. The average Bonchev–Trinajstić information content (AvgIpc) is 2.56. The summed E-state index contributed by atoms with van der Waals surface area (Å²) in [6.45, 7) is 8.54. The molecule has 0 aliphatic rings. The van der Waals surface area contributed by atoms with Crippen molar-refractivity contribution in [3.05, 3.63) is 54.7 Å². The summed E-state index contributed by atoms with van der Waals surface area (Å²) in [6, 6.07) is 6.52. The number of rotatable bonds is 2. The van der Waals surface area contributed by atoms with Crippen molar-refractivity contribution in [3.8, 4) is 0 Å². The lowest BCUT2D eigenvalue weighted by Crippen LogP contribution is -2.15. The largest absolute Gasteiger partial charge is 0.320 e. The fourth-order valence-corrected chi connectivity index (χ4v) is 4.36. The van der Waals surface area contributed by atoms with E-state index in [1.807, 2.05) is 0 Å². The maximum absolute atomic E-state index is 6.47. The Morgan fingerprint density at radius 3 is 2.06 bits per heavy atom. The molecule has 1 unspecified atom stereocenters. The number of thiophene rings is 1. The molecular weight excluding hydrogens is 306 g/mol. The van der Waals surface area contributed by atoms with E-state index in [1.54, 1.807) is 11.3 Å². The van der Waals surface area contributed by atoms with Crippen LogP contribution in [-0.2, 0) is 0 Å². The van der Waals surface area contributed by atoms with E-state index in [2.05, 4.69) is 61.8 Å². The number of hydrogen-bond acceptors (Lipinski definition) is 2. The number of aryl methyl sites for hydroxylation is 4. The van der Waals surface area contributed by atoms with Crippen LogP contribution in [0.1, 0.15) is 38.7 Å². The van der Waals surface area contributed by atoms with E-state index in [9.17, 15) is 0 Å². The molecule has 1 aromatic heterocycles. The van der Waals surface area contributed by atoms with Gasteiger partial charge in [-0.1, -0.05) is 17.7 Å². The Kier molecular flexibility index (Phi) is 3.95. The number of halogens is 1. The fraction of sp³-hybridized carbons (Fsp3) is 0.333. The van der Waals surface area contributed by atoms with E-state index in [0.717, 1.165) is 3.79 Å². The molecule has 0 bridgehead atoms. The minimum Gasteiger partial charge on any atom is -0.320 e. The van der Waals surface area contributed by atoms with Gasteiger partial charge in [-0.15, -0.1) is 11.3 Å². The Bertz CT molecular complexity index is 563. The topological polar surface area (TPSA) is 26.0 Å². The van der Waals surface area contributed by atoms with E-state index < -0.39 is 0 Å². The molecule has 18 heavy (non-hydrogen) atoms. The van der Waals surface area contributed by atoms with Gasteiger partial charge in [-0.25, -0.2) is 0 Å². The van der Waals surface area contributed by atoms with E-state index in [-0.39, 0.29) is 6.04 Å². The van der Waals surface area contributed by atoms with Crippen LogP contribution in [0.15, 0.2) is 22.0 Å². The van der Waals surface area contributed by atoms with Gasteiger partial charge in [0.1, 0.15) is 0 Å². The standard InChI is InChI=1S/C15H18BrNS/c1-8-5-9(2)14(10(3)6-8)15(17)12-7-13(16)18-11(12)4/h5-7,15H,17H2,1-4H3. The first-order valence-corrected chi connectivity index (χ1v) is 7.60. The molecule has 0 spiro atoms. The first kappa shape index (κ1) is 13.8. The molecular formula is C15H18BrNS. The molecule has 1 aromatic carbocycles. The second-order valence-electron chi connectivity index (χ2n) is 4.85. The minimum absolute atomic E-state index is 0.0341. The molecule has 1 atom stereocenters. The highest BCUT2D eigenvalue weighted by Crippen LogP contribution is 2.34. The molecule has 96 valence electrons. The number of benzene rings is 1. The van der Waals surface area contributed by atoms with Gasteiger partial charge < -0.3 is 5.73 Å². The Hall–Kier alpha value is -0.640. The molecule has 0 aliphatic heterocycles. The first-order chi connectivity index (χ1) is 8.40. The monoisotopic (exact) mass is 323 g/mol. The molecule has 2 aromatic rings. The predicted molar refractivity (Wildman–Crippen MR) is 83.4 cm³/mol. The molecule has 0 radical (unpaired) electrons. The van der Waals surface area contributed by atoms with Gasteiger partial charge in [-0.2, -0.15) is 0 Å². The summed E-state index contributed by atoms with van der Waals surface area (Å²) in [5.41, 5.74) is 12.8. The van der Waals surface area contributed by atoms with Gasteiger partial charge >= 0.3 is 0 Å². The summed E-state index contributed by atoms with van der Waals surface area (Å²) in [6.07, 6.45) is 0. The molecule has 2 N–H and O–H groups in total. The third-order valence-corrected chi connectivity index (χ3v) is 4.88. The third-order valence-electron chi connectivity index (χ3n) is 3.31. The average molecular weight is 324 g/mol. The van der Waals surface area contributed by atoms with E-state index in [1.165, 1.54) is 32.7 Å². The molecule has 1 nitrogen and oxygen atoms in total. The van der Waals surface area contributed by atoms with E-state index in [0.29, 0.717) is 0 Å². The lowest BCUT2D eigenvalue weighted by molar-refractivity contribution is 0.848. The number of hydrogen-bond donors (Lipinski definition) is 1. The third kappa shape index (κ3) is 2.53. The maximum atomic E-state index is 6.47. The molecule has 2 rings (SSSR count). The van der Waals surface area contributed by atoms with Crippen molar-refractivity contribution in [2.24, 2.45) is 5.73 Å². The minimum atomic E-state index is -0.0341. The van der Waals surface area contributed by atoms with E-state index >= 15 is 0 Å². The molecule has 0 aliphatic carbocycles. The summed E-state index contributed by atoms with van der Waals surface area (Å²) in [7, 11) is 0. The smallest absolute Gasteiger partial charge is 0.0704 e. The van der Waals surface area contributed by atoms with Crippen LogP contribution in [0.5, 0.6) is 0 Å². The molecule has 1 heterocycles. The quantitative estimate of drug-likeness (QED) is 0.844. The zero-order valence-electron chi connectivity index (χ0n) is 11.2. The van der Waals surface area contributed by atoms with Crippen LogP contribution in [0.3, 0.4) is 0 Å². The fourth-order valence-electron chi connectivity index (χ4n) is 2.60. The van der Waals surface area contributed by atoms with Crippen LogP contribution in [0.25, 0.3) is 0 Å². The van der Waals surface area contributed by atoms with Gasteiger partial charge in [-0.3, -0.25) is 0 Å². The predicted octanol–water partition coefficient (Wildman–Crippen LogP) is 4.79. The van der Waals surface area contributed by atoms with Gasteiger partial charge in [0, 0.05) is 4.88 Å². The van der Waals surface area contributed by atoms with Crippen molar-refractivity contribution < 1.29 is 0 Å². The lowest BCUT2D eigenvalue weighted by atomic mass is 9.91. The van der Waals surface area contributed by atoms with Crippen molar-refractivity contribution in [1.82, 2.24) is 0 Å². The van der Waals surface area contributed by atoms with E-state index in [4.69, 9.17) is 5.73 Å². The van der Waals surface area contributed by atoms with Gasteiger partial charge in [0.25, 0.3) is 0 Å². The Balaban J connectivity index is 2.52. The van der Waals surface area contributed by atoms with Crippen LogP contribution < -0.4 is 5.73 Å².